The predicted octanol–water partition coefficient (Wildman–Crippen LogP) is 2.93. The highest BCUT2D eigenvalue weighted by Gasteiger charge is 2.31. The number of hydrogen-bond donors (Lipinski definition) is 3. The number of anilines is 1. The summed E-state index contributed by atoms with van der Waals surface area (Å²) in [6, 6.07) is 16.3. The van der Waals surface area contributed by atoms with Gasteiger partial charge in [0.15, 0.2) is 0 Å². The minimum Gasteiger partial charge on any atom is -0.381 e. The molecule has 1 saturated heterocycles. The number of amides is 1. The molecule has 1 aliphatic heterocycles. The number of benzene rings is 2. The molecule has 3 N–H and O–H groups in total. The Morgan fingerprint density at radius 3 is 2.93 bits per heavy atom. The third-order valence-electron chi connectivity index (χ3n) is 5.24. The Morgan fingerprint density at radius 1 is 1.26 bits per heavy atom. The second-order valence-electron chi connectivity index (χ2n) is 7.08. The van der Waals surface area contributed by atoms with Crippen molar-refractivity contribution < 1.29 is 4.79 Å². The van der Waals surface area contributed by atoms with Crippen molar-refractivity contribution >= 4 is 22.5 Å². The van der Waals surface area contributed by atoms with Crippen LogP contribution in [0.25, 0.3) is 10.9 Å². The van der Waals surface area contributed by atoms with Gasteiger partial charge in [-0.05, 0) is 43.1 Å². The number of carbonyl (C=O) groups is 1. The van der Waals surface area contributed by atoms with Gasteiger partial charge in [-0.3, -0.25) is 14.8 Å². The number of hydrogen-bond acceptors (Lipinski definition) is 4. The Morgan fingerprint density at radius 2 is 2.11 bits per heavy atom. The molecule has 6 nitrogen and oxygen atoms in total. The van der Waals surface area contributed by atoms with Crippen LogP contribution in [0.5, 0.6) is 0 Å². The van der Waals surface area contributed by atoms with Crippen molar-refractivity contribution in [3.63, 3.8) is 0 Å². The molecule has 0 radical (unpaired) electrons. The first-order valence-electron chi connectivity index (χ1n) is 9.45. The fraction of sp³-hybridized carbons (Fsp3) is 0.333. The van der Waals surface area contributed by atoms with Crippen LogP contribution in [0.3, 0.4) is 0 Å². The smallest absolute Gasteiger partial charge is 0.241 e. The molecule has 1 fully saturated rings. The SMILES string of the molecule is CNC(=O)C(c1ccccc1)N1CCCC(Nc2ccc3[nH]ncc3c2)C1. The van der Waals surface area contributed by atoms with Crippen molar-refractivity contribution in [2.24, 2.45) is 0 Å². The van der Waals surface area contributed by atoms with Crippen LogP contribution in [0.1, 0.15) is 24.4 Å². The highest BCUT2D eigenvalue weighted by molar-refractivity contribution is 5.83. The third kappa shape index (κ3) is 3.80. The molecule has 1 aromatic heterocycles. The molecule has 1 aliphatic rings. The zero-order valence-corrected chi connectivity index (χ0v) is 15.5. The number of H-pyrrole nitrogens is 1. The molecule has 27 heavy (non-hydrogen) atoms. The van der Waals surface area contributed by atoms with E-state index >= 15 is 0 Å². The molecule has 2 atom stereocenters. The zero-order valence-electron chi connectivity index (χ0n) is 15.5. The molecule has 6 heteroatoms. The number of nitrogens with zero attached hydrogens (tertiary/aromatic N) is 2. The number of likely N-dealkylation sites (tertiary alicyclic amines) is 1. The van der Waals surface area contributed by atoms with Gasteiger partial charge in [-0.1, -0.05) is 30.3 Å². The molecule has 0 aliphatic carbocycles. The first kappa shape index (κ1) is 17.5. The number of fused-ring (bicyclic) bond motifs is 1. The second-order valence-corrected chi connectivity index (χ2v) is 7.08. The van der Waals surface area contributed by atoms with Crippen LogP contribution < -0.4 is 10.6 Å². The molecule has 140 valence electrons. The molecule has 0 bridgehead atoms. The van der Waals surface area contributed by atoms with Crippen molar-refractivity contribution in [3.8, 4) is 0 Å². The zero-order chi connectivity index (χ0) is 18.6. The van der Waals surface area contributed by atoms with Crippen LogP contribution in [0.15, 0.2) is 54.7 Å². The molecule has 3 aromatic rings. The van der Waals surface area contributed by atoms with Crippen LogP contribution in [0.2, 0.25) is 0 Å². The van der Waals surface area contributed by atoms with Crippen LogP contribution in [0, 0.1) is 0 Å². The van der Waals surface area contributed by atoms with Gasteiger partial charge in [0, 0.05) is 30.7 Å². The van der Waals surface area contributed by atoms with E-state index < -0.39 is 0 Å². The van der Waals surface area contributed by atoms with E-state index in [9.17, 15) is 4.79 Å². The van der Waals surface area contributed by atoms with Gasteiger partial charge < -0.3 is 10.6 Å². The molecule has 2 unspecified atom stereocenters. The summed E-state index contributed by atoms with van der Waals surface area (Å²) in [5.41, 5.74) is 3.17. The van der Waals surface area contributed by atoms with E-state index in [2.05, 4.69) is 37.9 Å². The quantitative estimate of drug-likeness (QED) is 0.652. The van der Waals surface area contributed by atoms with Crippen LogP contribution >= 0.6 is 0 Å². The van der Waals surface area contributed by atoms with Gasteiger partial charge in [-0.25, -0.2) is 0 Å². The van der Waals surface area contributed by atoms with Crippen molar-refractivity contribution in [1.29, 1.82) is 0 Å². The van der Waals surface area contributed by atoms with E-state index in [1.54, 1.807) is 7.05 Å². The summed E-state index contributed by atoms with van der Waals surface area (Å²) in [5.74, 6) is 0.0432. The lowest BCUT2D eigenvalue weighted by atomic mass is 9.98. The topological polar surface area (TPSA) is 73.1 Å². The van der Waals surface area contributed by atoms with Gasteiger partial charge in [-0.15, -0.1) is 0 Å². The number of carbonyl (C=O) groups excluding carboxylic acids is 1. The van der Waals surface area contributed by atoms with E-state index in [-0.39, 0.29) is 11.9 Å². The fourth-order valence-electron chi connectivity index (χ4n) is 3.93. The molecule has 0 spiro atoms. The van der Waals surface area contributed by atoms with Crippen molar-refractivity contribution in [2.75, 3.05) is 25.5 Å². The normalized spacial score (nSPS) is 18.9. The molecule has 0 saturated carbocycles. The highest BCUT2D eigenvalue weighted by Crippen LogP contribution is 2.27. The summed E-state index contributed by atoms with van der Waals surface area (Å²) in [4.78, 5) is 14.9. The molecular formula is C21H25N5O. The minimum absolute atomic E-state index is 0.0432. The summed E-state index contributed by atoms with van der Waals surface area (Å²) in [6.45, 7) is 1.75. The lowest BCUT2D eigenvalue weighted by Crippen LogP contribution is -2.48. The van der Waals surface area contributed by atoms with Gasteiger partial charge in [0.05, 0.1) is 11.7 Å². The molecule has 4 rings (SSSR count). The number of piperidine rings is 1. The number of aromatic amines is 1. The molecule has 2 aromatic carbocycles. The van der Waals surface area contributed by atoms with Gasteiger partial charge in [0.1, 0.15) is 6.04 Å². The van der Waals surface area contributed by atoms with E-state index in [1.807, 2.05) is 42.6 Å². The summed E-state index contributed by atoms with van der Waals surface area (Å²) >= 11 is 0. The Labute approximate surface area is 159 Å². The van der Waals surface area contributed by atoms with Crippen LogP contribution in [0.4, 0.5) is 5.69 Å². The first-order valence-corrected chi connectivity index (χ1v) is 9.45. The standard InChI is InChI=1S/C21H25N5O/c1-22-21(27)20(15-6-3-2-4-7-15)26-11-5-8-18(14-26)24-17-9-10-19-16(12-17)13-23-25-19/h2-4,6-7,9-10,12-13,18,20,24H,5,8,11,14H2,1H3,(H,22,27)(H,23,25). The molecule has 1 amide bonds. The summed E-state index contributed by atoms with van der Waals surface area (Å²) < 4.78 is 0. The van der Waals surface area contributed by atoms with E-state index in [0.29, 0.717) is 6.04 Å². The average molecular weight is 363 g/mol. The van der Waals surface area contributed by atoms with Gasteiger partial charge >= 0.3 is 0 Å². The first-order chi connectivity index (χ1) is 13.2. The van der Waals surface area contributed by atoms with Gasteiger partial charge in [0.25, 0.3) is 0 Å². The van der Waals surface area contributed by atoms with E-state index in [1.165, 1.54) is 0 Å². The summed E-state index contributed by atoms with van der Waals surface area (Å²) in [5, 5.41) is 14.6. The lowest BCUT2D eigenvalue weighted by Gasteiger charge is -2.38. The second kappa shape index (κ2) is 7.80. The average Bonchev–Trinajstić information content (AvgIpc) is 3.17. The summed E-state index contributed by atoms with van der Waals surface area (Å²) in [7, 11) is 1.71. The minimum atomic E-state index is -0.253. The maximum atomic E-state index is 12.6. The Balaban J connectivity index is 1.51. The highest BCUT2D eigenvalue weighted by atomic mass is 16.2. The van der Waals surface area contributed by atoms with Gasteiger partial charge in [-0.2, -0.15) is 5.10 Å². The molecule has 2 heterocycles. The van der Waals surface area contributed by atoms with Crippen molar-refractivity contribution in [3.05, 3.63) is 60.3 Å². The maximum absolute atomic E-state index is 12.6. The molecular weight excluding hydrogens is 338 g/mol. The van der Waals surface area contributed by atoms with Gasteiger partial charge in [0.2, 0.25) is 5.91 Å². The number of rotatable bonds is 5. The Kier molecular flexibility index (Phi) is 5.07. The fourth-order valence-corrected chi connectivity index (χ4v) is 3.93. The van der Waals surface area contributed by atoms with Crippen molar-refractivity contribution in [1.82, 2.24) is 20.4 Å². The number of nitrogens with one attached hydrogen (secondary N) is 3. The number of likely N-dealkylation sites (N-methyl/N-ethyl adjacent to an activating group) is 1. The van der Waals surface area contributed by atoms with E-state index in [0.717, 1.165) is 48.1 Å². The van der Waals surface area contributed by atoms with Crippen molar-refractivity contribution in [2.45, 2.75) is 24.9 Å². The van der Waals surface area contributed by atoms with E-state index in [4.69, 9.17) is 0 Å². The third-order valence-corrected chi connectivity index (χ3v) is 5.24. The Hall–Kier alpha value is -2.86. The maximum Gasteiger partial charge on any atom is 0.241 e. The monoisotopic (exact) mass is 363 g/mol. The Bertz CT molecular complexity index is 907. The predicted molar refractivity (Wildman–Crippen MR) is 108 cm³/mol. The van der Waals surface area contributed by atoms with Crippen LogP contribution in [-0.2, 0) is 4.79 Å². The number of aromatic nitrogens is 2. The largest absolute Gasteiger partial charge is 0.381 e. The summed E-state index contributed by atoms with van der Waals surface area (Å²) in [6.07, 6.45) is 3.99. The van der Waals surface area contributed by atoms with Crippen LogP contribution in [-0.4, -0.2) is 47.2 Å². The lowest BCUT2D eigenvalue weighted by molar-refractivity contribution is -0.126.